The molecule has 0 bridgehead atoms. The Labute approximate surface area is 91.0 Å². The van der Waals surface area contributed by atoms with Gasteiger partial charge in [0.05, 0.1) is 0 Å². The van der Waals surface area contributed by atoms with E-state index in [2.05, 4.69) is 16.0 Å². The molecule has 0 aliphatic heterocycles. The van der Waals surface area contributed by atoms with Crippen molar-refractivity contribution in [2.24, 2.45) is 0 Å². The van der Waals surface area contributed by atoms with E-state index in [1.807, 2.05) is 20.8 Å². The van der Waals surface area contributed by atoms with Crippen molar-refractivity contribution in [2.45, 2.75) is 39.7 Å². The number of rotatable bonds is 6. The van der Waals surface area contributed by atoms with Crippen LogP contribution in [0.5, 0.6) is 0 Å². The molecule has 0 unspecified atom stereocenters. The molecule has 0 aromatic carbocycles. The van der Waals surface area contributed by atoms with Crippen LogP contribution in [0.2, 0.25) is 0 Å². The van der Waals surface area contributed by atoms with E-state index in [0.717, 1.165) is 6.42 Å². The third-order valence-electron chi connectivity index (χ3n) is 1.62. The minimum Gasteiger partial charge on any atom is -0.354 e. The first-order valence-corrected chi connectivity index (χ1v) is 5.37. The Morgan fingerprint density at radius 1 is 1.13 bits per heavy atom. The fourth-order valence-electron chi connectivity index (χ4n) is 0.985. The smallest absolute Gasteiger partial charge is 0.314 e. The van der Waals surface area contributed by atoms with E-state index in [-0.39, 0.29) is 18.0 Å². The van der Waals surface area contributed by atoms with Crippen molar-refractivity contribution in [3.63, 3.8) is 0 Å². The number of urea groups is 1. The number of nitrogens with one attached hydrogen (secondary N) is 3. The van der Waals surface area contributed by atoms with Crippen molar-refractivity contribution >= 4 is 11.9 Å². The van der Waals surface area contributed by atoms with Crippen LogP contribution in [-0.2, 0) is 4.79 Å². The van der Waals surface area contributed by atoms with Crippen LogP contribution in [0.3, 0.4) is 0 Å². The number of amides is 3. The molecule has 0 rings (SSSR count). The molecule has 0 aromatic heterocycles. The van der Waals surface area contributed by atoms with Gasteiger partial charge in [0.15, 0.2) is 0 Å². The van der Waals surface area contributed by atoms with Gasteiger partial charge < -0.3 is 16.0 Å². The Kier molecular flexibility index (Phi) is 7.40. The molecule has 0 fully saturated rings. The predicted molar refractivity (Wildman–Crippen MR) is 59.6 cm³/mol. The van der Waals surface area contributed by atoms with Gasteiger partial charge in [0.1, 0.15) is 0 Å². The van der Waals surface area contributed by atoms with Gasteiger partial charge in [-0.15, -0.1) is 0 Å². The summed E-state index contributed by atoms with van der Waals surface area (Å²) in [6.45, 7) is 6.81. The van der Waals surface area contributed by atoms with Crippen molar-refractivity contribution < 1.29 is 9.59 Å². The molecule has 5 nitrogen and oxygen atoms in total. The van der Waals surface area contributed by atoms with E-state index in [4.69, 9.17) is 0 Å². The maximum atomic E-state index is 11.2. The Balaban J connectivity index is 3.44. The topological polar surface area (TPSA) is 70.2 Å². The zero-order valence-corrected chi connectivity index (χ0v) is 9.72. The van der Waals surface area contributed by atoms with Gasteiger partial charge in [0, 0.05) is 25.6 Å². The number of hydrogen-bond acceptors (Lipinski definition) is 2. The van der Waals surface area contributed by atoms with Crippen molar-refractivity contribution in [1.82, 2.24) is 16.0 Å². The fourth-order valence-corrected chi connectivity index (χ4v) is 0.985. The second-order valence-corrected chi connectivity index (χ2v) is 3.65. The summed E-state index contributed by atoms with van der Waals surface area (Å²) in [4.78, 5) is 22.2. The van der Waals surface area contributed by atoms with Crippen molar-refractivity contribution in [2.75, 3.05) is 13.1 Å². The lowest BCUT2D eigenvalue weighted by molar-refractivity contribution is -0.121. The maximum Gasteiger partial charge on any atom is 0.314 e. The molecule has 0 heterocycles. The first kappa shape index (κ1) is 13.7. The molecule has 0 aliphatic carbocycles. The van der Waals surface area contributed by atoms with E-state index in [0.29, 0.717) is 19.5 Å². The zero-order valence-electron chi connectivity index (χ0n) is 9.72. The lowest BCUT2D eigenvalue weighted by Gasteiger charge is -2.09. The normalized spacial score (nSPS) is 9.87. The first-order valence-electron chi connectivity index (χ1n) is 5.37. The van der Waals surface area contributed by atoms with E-state index >= 15 is 0 Å². The van der Waals surface area contributed by atoms with E-state index in [9.17, 15) is 9.59 Å². The lowest BCUT2D eigenvalue weighted by Crippen LogP contribution is -2.39. The molecule has 3 amide bonds. The summed E-state index contributed by atoms with van der Waals surface area (Å²) in [6.07, 6.45) is 1.22. The van der Waals surface area contributed by atoms with Crippen LogP contribution in [-0.4, -0.2) is 31.1 Å². The van der Waals surface area contributed by atoms with Gasteiger partial charge >= 0.3 is 6.03 Å². The molecule has 0 saturated heterocycles. The average Bonchev–Trinajstić information content (AvgIpc) is 2.13. The number of carbonyl (C=O) groups excluding carboxylic acids is 2. The molecule has 0 aromatic rings. The summed E-state index contributed by atoms with van der Waals surface area (Å²) in [6, 6.07) is -0.0689. The standard InChI is InChI=1S/C10H21N3O2/c1-4-6-11-10(15)12-7-5-9(14)13-8(2)3/h8H,4-7H2,1-3H3,(H,13,14)(H2,11,12,15). The first-order chi connectivity index (χ1) is 7.06. The summed E-state index contributed by atoms with van der Waals surface area (Å²) in [5.41, 5.74) is 0. The minimum absolute atomic E-state index is 0.0409. The summed E-state index contributed by atoms with van der Waals surface area (Å²) in [5.74, 6) is -0.0409. The second kappa shape index (κ2) is 8.08. The molecular weight excluding hydrogens is 194 g/mol. The highest BCUT2D eigenvalue weighted by molar-refractivity contribution is 5.78. The largest absolute Gasteiger partial charge is 0.354 e. The number of hydrogen-bond donors (Lipinski definition) is 3. The van der Waals surface area contributed by atoms with Crippen molar-refractivity contribution in [3.8, 4) is 0 Å². The van der Waals surface area contributed by atoms with Gasteiger partial charge in [-0.2, -0.15) is 0 Å². The van der Waals surface area contributed by atoms with E-state index in [1.165, 1.54) is 0 Å². The Bertz CT molecular complexity index is 205. The summed E-state index contributed by atoms with van der Waals surface area (Å²) < 4.78 is 0. The summed E-state index contributed by atoms with van der Waals surface area (Å²) in [7, 11) is 0. The van der Waals surface area contributed by atoms with Gasteiger partial charge in [-0.25, -0.2) is 4.79 Å². The van der Waals surface area contributed by atoms with Crippen LogP contribution < -0.4 is 16.0 Å². The molecule has 3 N–H and O–H groups in total. The van der Waals surface area contributed by atoms with Crippen molar-refractivity contribution in [1.29, 1.82) is 0 Å². The molecular formula is C10H21N3O2. The Morgan fingerprint density at radius 3 is 2.27 bits per heavy atom. The maximum absolute atomic E-state index is 11.2. The predicted octanol–water partition coefficient (Wildman–Crippen LogP) is 0.610. The Morgan fingerprint density at radius 2 is 1.73 bits per heavy atom. The van der Waals surface area contributed by atoms with E-state index < -0.39 is 0 Å². The van der Waals surface area contributed by atoms with Crippen molar-refractivity contribution in [3.05, 3.63) is 0 Å². The van der Waals surface area contributed by atoms with Gasteiger partial charge in [-0.05, 0) is 20.3 Å². The summed E-state index contributed by atoms with van der Waals surface area (Å²) >= 11 is 0. The van der Waals surface area contributed by atoms with Crippen LogP contribution in [0.1, 0.15) is 33.6 Å². The van der Waals surface area contributed by atoms with Gasteiger partial charge in [0.25, 0.3) is 0 Å². The molecule has 88 valence electrons. The molecule has 5 heteroatoms. The molecule has 0 saturated carbocycles. The highest BCUT2D eigenvalue weighted by Gasteiger charge is 2.03. The van der Waals surface area contributed by atoms with Gasteiger partial charge in [-0.1, -0.05) is 6.92 Å². The fraction of sp³-hybridized carbons (Fsp3) is 0.800. The van der Waals surface area contributed by atoms with Gasteiger partial charge in [-0.3, -0.25) is 4.79 Å². The van der Waals surface area contributed by atoms with Gasteiger partial charge in [0.2, 0.25) is 5.91 Å². The molecule has 15 heavy (non-hydrogen) atoms. The van der Waals surface area contributed by atoms with Crippen LogP contribution in [0.4, 0.5) is 4.79 Å². The molecule has 0 aliphatic rings. The van der Waals surface area contributed by atoms with E-state index in [1.54, 1.807) is 0 Å². The third kappa shape index (κ3) is 9.05. The average molecular weight is 215 g/mol. The number of carbonyl (C=O) groups is 2. The quantitative estimate of drug-likeness (QED) is 0.607. The van der Waals surface area contributed by atoms with Crippen LogP contribution in [0.15, 0.2) is 0 Å². The minimum atomic E-state index is -0.214. The monoisotopic (exact) mass is 215 g/mol. The van der Waals surface area contributed by atoms with Crippen LogP contribution in [0.25, 0.3) is 0 Å². The highest BCUT2D eigenvalue weighted by Crippen LogP contribution is 1.82. The summed E-state index contributed by atoms with van der Waals surface area (Å²) in [5, 5.41) is 8.02. The second-order valence-electron chi connectivity index (χ2n) is 3.65. The Hall–Kier alpha value is -1.26. The van der Waals surface area contributed by atoms with Crippen LogP contribution in [0, 0.1) is 0 Å². The molecule has 0 spiro atoms. The molecule has 0 radical (unpaired) electrons. The zero-order chi connectivity index (χ0) is 11.7. The third-order valence-corrected chi connectivity index (χ3v) is 1.62. The SMILES string of the molecule is CCCNC(=O)NCCC(=O)NC(C)C. The lowest BCUT2D eigenvalue weighted by atomic mass is 10.3. The van der Waals surface area contributed by atoms with Crippen LogP contribution >= 0.6 is 0 Å². The highest BCUT2D eigenvalue weighted by atomic mass is 16.2. The molecule has 0 atom stereocenters.